The molecule has 0 aliphatic carbocycles. The van der Waals surface area contributed by atoms with Gasteiger partial charge < -0.3 is 26.4 Å². The lowest BCUT2D eigenvalue weighted by molar-refractivity contribution is -0.923. The van der Waals surface area contributed by atoms with Crippen LogP contribution in [0.3, 0.4) is 0 Å². The van der Waals surface area contributed by atoms with Crippen molar-refractivity contribution < 1.29 is 21.5 Å². The van der Waals surface area contributed by atoms with Gasteiger partial charge in [0.05, 0.1) is 26.2 Å². The average Bonchev–Trinajstić information content (AvgIpc) is 2.87. The fourth-order valence-electron chi connectivity index (χ4n) is 4.71. The molecule has 5 heteroatoms. The maximum absolute atomic E-state index is 3.56. The smallest absolute Gasteiger partial charge is 0.0786 e. The Morgan fingerprint density at radius 3 is 1.40 bits per heavy atom. The maximum atomic E-state index is 3.56. The van der Waals surface area contributed by atoms with Crippen molar-refractivity contribution in [1.82, 2.24) is 0 Å². The Morgan fingerprint density at radius 1 is 0.571 bits per heavy atom. The second-order valence-corrected chi connectivity index (χ2v) is 11.0. The Hall–Kier alpha value is -1.14. The van der Waals surface area contributed by atoms with E-state index in [-0.39, 0.29) is 17.0 Å². The lowest BCUT2D eigenvalue weighted by Crippen LogP contribution is -3.00. The molecule has 0 aliphatic rings. The Morgan fingerprint density at radius 2 is 0.971 bits per heavy atom. The van der Waals surface area contributed by atoms with Crippen molar-refractivity contribution in [2.45, 2.75) is 52.9 Å². The van der Waals surface area contributed by atoms with Gasteiger partial charge in [-0.25, -0.2) is 0 Å². The second-order valence-electron chi connectivity index (χ2n) is 9.13. The molecule has 35 heavy (non-hydrogen) atoms. The van der Waals surface area contributed by atoms with Gasteiger partial charge in [0.15, 0.2) is 0 Å². The molecule has 0 heterocycles. The van der Waals surface area contributed by atoms with Crippen LogP contribution in [0.2, 0.25) is 0 Å². The molecule has 0 saturated carbocycles. The van der Waals surface area contributed by atoms with Crippen molar-refractivity contribution in [3.8, 4) is 0 Å². The van der Waals surface area contributed by atoms with Crippen LogP contribution in [0, 0.1) is 0 Å². The highest BCUT2D eigenvalue weighted by molar-refractivity contribution is 9.10. The average molecular weight is 667 g/mol. The summed E-state index contributed by atoms with van der Waals surface area (Å²) in [5.74, 6) is 0. The van der Waals surface area contributed by atoms with Gasteiger partial charge in [0.25, 0.3) is 0 Å². The Kier molecular flexibility index (Phi) is 13.1. The Bertz CT molecular complexity index is 928. The molecule has 0 spiro atoms. The molecule has 0 saturated heterocycles. The molecule has 0 unspecified atom stereocenters. The van der Waals surface area contributed by atoms with E-state index in [0.29, 0.717) is 0 Å². The summed E-state index contributed by atoms with van der Waals surface area (Å²) in [6.45, 7) is 12.1. The normalized spacial score (nSPS) is 11.2. The summed E-state index contributed by atoms with van der Waals surface area (Å²) < 4.78 is 3.45. The Labute approximate surface area is 240 Å². The minimum Gasteiger partial charge on any atom is -1.00 e. The number of hydrogen-bond donors (Lipinski definition) is 0. The van der Waals surface area contributed by atoms with E-state index in [4.69, 9.17) is 0 Å². The van der Waals surface area contributed by atoms with E-state index in [1.807, 2.05) is 0 Å². The van der Waals surface area contributed by atoms with Gasteiger partial charge in [-0.3, -0.25) is 0 Å². The summed E-state index contributed by atoms with van der Waals surface area (Å²) in [5, 5.41) is 0. The number of benzene rings is 3. The minimum atomic E-state index is 0. The summed E-state index contributed by atoms with van der Waals surface area (Å²) in [5.41, 5.74) is 4.91. The SMILES string of the molecule is CC[N+](CC)(CC)CCCCCCc1ccc(N(c2ccc(Br)cc2)c2ccc(Br)cc2)cc1.[Br-]. The molecule has 0 N–H and O–H groups in total. The monoisotopic (exact) mass is 664 g/mol. The van der Waals surface area contributed by atoms with Crippen LogP contribution >= 0.6 is 31.9 Å². The second kappa shape index (κ2) is 15.2. The molecule has 0 aromatic heterocycles. The third kappa shape index (κ3) is 8.73. The zero-order valence-electron chi connectivity index (χ0n) is 21.3. The van der Waals surface area contributed by atoms with Gasteiger partial charge in [-0.2, -0.15) is 0 Å². The van der Waals surface area contributed by atoms with E-state index in [1.54, 1.807) is 0 Å². The molecule has 0 aliphatic heterocycles. The van der Waals surface area contributed by atoms with Crippen molar-refractivity contribution in [1.29, 1.82) is 0 Å². The van der Waals surface area contributed by atoms with Crippen LogP contribution in [-0.4, -0.2) is 30.7 Å². The number of anilines is 3. The summed E-state index contributed by atoms with van der Waals surface area (Å²) in [6, 6.07) is 26.1. The van der Waals surface area contributed by atoms with Gasteiger partial charge >= 0.3 is 0 Å². The summed E-state index contributed by atoms with van der Waals surface area (Å²) in [4.78, 5) is 2.31. The molecule has 0 fully saturated rings. The van der Waals surface area contributed by atoms with Gasteiger partial charge in [0, 0.05) is 26.0 Å². The third-order valence-electron chi connectivity index (χ3n) is 7.22. The van der Waals surface area contributed by atoms with Gasteiger partial charge in [-0.15, -0.1) is 0 Å². The number of hydrogen-bond acceptors (Lipinski definition) is 1. The Balaban J connectivity index is 0.00000432. The summed E-state index contributed by atoms with van der Waals surface area (Å²) >= 11 is 7.12. The number of nitrogens with zero attached hydrogens (tertiary/aromatic N) is 2. The summed E-state index contributed by atoms with van der Waals surface area (Å²) in [6.07, 6.45) is 6.45. The van der Waals surface area contributed by atoms with Crippen LogP contribution in [-0.2, 0) is 6.42 Å². The predicted octanol–water partition coefficient (Wildman–Crippen LogP) is 6.66. The van der Waals surface area contributed by atoms with E-state index in [1.165, 1.54) is 67.6 Å². The quantitative estimate of drug-likeness (QED) is 0.146. The first-order valence-corrected chi connectivity index (χ1v) is 14.3. The first kappa shape index (κ1) is 30.1. The van der Waals surface area contributed by atoms with Crippen LogP contribution in [0.15, 0.2) is 81.7 Å². The van der Waals surface area contributed by atoms with Crippen LogP contribution in [0.5, 0.6) is 0 Å². The van der Waals surface area contributed by atoms with E-state index in [2.05, 4.69) is 130 Å². The molecular formula is C30H39Br3N2. The van der Waals surface area contributed by atoms with E-state index in [9.17, 15) is 0 Å². The number of rotatable bonds is 13. The molecular weight excluding hydrogens is 628 g/mol. The zero-order valence-corrected chi connectivity index (χ0v) is 26.1. The van der Waals surface area contributed by atoms with Crippen molar-refractivity contribution in [2.24, 2.45) is 0 Å². The van der Waals surface area contributed by atoms with Crippen molar-refractivity contribution in [2.75, 3.05) is 31.1 Å². The van der Waals surface area contributed by atoms with E-state index in [0.717, 1.165) is 26.7 Å². The fourth-order valence-corrected chi connectivity index (χ4v) is 5.24. The lowest BCUT2D eigenvalue weighted by Gasteiger charge is -2.35. The topological polar surface area (TPSA) is 3.24 Å². The standard InChI is InChI=1S/C30H39Br2N2.BrH/c1-4-34(5-2,6-3)24-10-8-7-9-11-25-12-18-28(19-13-25)33(29-20-14-26(31)15-21-29)30-22-16-27(32)17-23-30;/h12-23H,4-11,24H2,1-3H3;1H/q+1;/p-1. The minimum absolute atomic E-state index is 0. The van der Waals surface area contributed by atoms with Crippen LogP contribution in [0.25, 0.3) is 0 Å². The van der Waals surface area contributed by atoms with Crippen molar-refractivity contribution >= 4 is 48.9 Å². The number of unbranched alkanes of at least 4 members (excludes halogenated alkanes) is 3. The van der Waals surface area contributed by atoms with Crippen LogP contribution in [0.1, 0.15) is 52.0 Å². The molecule has 0 bridgehead atoms. The molecule has 3 aromatic rings. The van der Waals surface area contributed by atoms with E-state index >= 15 is 0 Å². The maximum Gasteiger partial charge on any atom is 0.0786 e. The highest BCUT2D eigenvalue weighted by Crippen LogP contribution is 2.35. The van der Waals surface area contributed by atoms with Gasteiger partial charge in [0.1, 0.15) is 0 Å². The number of halogens is 3. The van der Waals surface area contributed by atoms with Crippen LogP contribution in [0.4, 0.5) is 17.1 Å². The van der Waals surface area contributed by atoms with Crippen molar-refractivity contribution in [3.63, 3.8) is 0 Å². The molecule has 0 radical (unpaired) electrons. The first-order chi connectivity index (χ1) is 16.5. The third-order valence-corrected chi connectivity index (χ3v) is 8.28. The van der Waals surface area contributed by atoms with Crippen LogP contribution < -0.4 is 21.9 Å². The molecule has 3 rings (SSSR count). The van der Waals surface area contributed by atoms with Gasteiger partial charge in [0.2, 0.25) is 0 Å². The molecule has 3 aromatic carbocycles. The van der Waals surface area contributed by atoms with Gasteiger partial charge in [-0.1, -0.05) is 50.4 Å². The van der Waals surface area contributed by atoms with Crippen molar-refractivity contribution in [3.05, 3.63) is 87.3 Å². The molecule has 2 nitrogen and oxygen atoms in total. The number of quaternary nitrogens is 1. The molecule has 0 amide bonds. The highest BCUT2D eigenvalue weighted by Gasteiger charge is 2.19. The lowest BCUT2D eigenvalue weighted by atomic mass is 10.0. The predicted molar refractivity (Wildman–Crippen MR) is 155 cm³/mol. The molecule has 190 valence electrons. The van der Waals surface area contributed by atoms with Gasteiger partial charge in [-0.05, 0) is 113 Å². The first-order valence-electron chi connectivity index (χ1n) is 12.8. The number of aryl methyl sites for hydroxylation is 1. The van der Waals surface area contributed by atoms with E-state index < -0.39 is 0 Å². The zero-order chi connectivity index (χ0) is 24.4. The highest BCUT2D eigenvalue weighted by atomic mass is 79.9. The largest absolute Gasteiger partial charge is 1.00 e. The molecule has 0 atom stereocenters. The summed E-state index contributed by atoms with van der Waals surface area (Å²) in [7, 11) is 0. The fraction of sp³-hybridized carbons (Fsp3) is 0.400.